The quantitative estimate of drug-likeness (QED) is 0.474. The maximum absolute atomic E-state index is 13.1. The molecule has 140 valence electrons. The van der Waals surface area contributed by atoms with Crippen LogP contribution in [0.2, 0.25) is 0 Å². The van der Waals surface area contributed by atoms with Crippen LogP contribution in [-0.2, 0) is 6.54 Å². The highest BCUT2D eigenvalue weighted by Crippen LogP contribution is 2.24. The molecule has 1 N–H and O–H groups in total. The number of benzene rings is 3. The summed E-state index contributed by atoms with van der Waals surface area (Å²) in [5.41, 5.74) is 4.39. The predicted molar refractivity (Wildman–Crippen MR) is 108 cm³/mol. The molecule has 0 fully saturated rings. The Morgan fingerprint density at radius 1 is 0.893 bits per heavy atom. The Labute approximate surface area is 163 Å². The van der Waals surface area contributed by atoms with Crippen LogP contribution in [0, 0.1) is 12.7 Å². The van der Waals surface area contributed by atoms with Gasteiger partial charge in [0.2, 0.25) is 5.89 Å². The van der Waals surface area contributed by atoms with Crippen molar-refractivity contribution in [3.63, 3.8) is 0 Å². The van der Waals surface area contributed by atoms with Gasteiger partial charge in [-0.2, -0.15) is 0 Å². The van der Waals surface area contributed by atoms with Crippen LogP contribution >= 0.6 is 0 Å². The van der Waals surface area contributed by atoms with Gasteiger partial charge in [-0.05, 0) is 42.3 Å². The number of oxazole rings is 1. The summed E-state index contributed by atoms with van der Waals surface area (Å²) in [6.45, 7) is 2.56. The van der Waals surface area contributed by atoms with E-state index in [1.165, 1.54) is 28.8 Å². The zero-order valence-electron chi connectivity index (χ0n) is 15.6. The molecule has 0 aliphatic rings. The van der Waals surface area contributed by atoms with Crippen molar-refractivity contribution in [2.24, 2.45) is 0 Å². The van der Waals surface area contributed by atoms with E-state index < -0.39 is 0 Å². The second kappa shape index (κ2) is 8.19. The lowest BCUT2D eigenvalue weighted by Gasteiger charge is -2.19. The minimum Gasteiger partial charge on any atom is -0.439 e. The van der Waals surface area contributed by atoms with Gasteiger partial charge < -0.3 is 4.42 Å². The van der Waals surface area contributed by atoms with Crippen molar-refractivity contribution >= 4 is 0 Å². The minimum atomic E-state index is -0.269. The summed E-state index contributed by atoms with van der Waals surface area (Å²) in [6, 6.07) is 25.0. The first kappa shape index (κ1) is 18.1. The van der Waals surface area contributed by atoms with E-state index in [1.807, 2.05) is 18.2 Å². The molecule has 0 radical (unpaired) electrons. The summed E-state index contributed by atoms with van der Waals surface area (Å²) in [4.78, 5) is 4.37. The maximum Gasteiger partial charge on any atom is 0.208 e. The Morgan fingerprint density at radius 2 is 1.57 bits per heavy atom. The average molecular weight is 372 g/mol. The average Bonchev–Trinajstić information content (AvgIpc) is 3.20. The van der Waals surface area contributed by atoms with Gasteiger partial charge in [0.05, 0.1) is 18.8 Å². The molecule has 0 saturated carbocycles. The Bertz CT molecular complexity index is 1020. The molecule has 0 unspecified atom stereocenters. The van der Waals surface area contributed by atoms with Crippen LogP contribution in [0.25, 0.3) is 11.3 Å². The fourth-order valence-corrected chi connectivity index (χ4v) is 3.16. The van der Waals surface area contributed by atoms with Crippen molar-refractivity contribution in [1.82, 2.24) is 10.3 Å². The fourth-order valence-electron chi connectivity index (χ4n) is 3.16. The molecule has 0 saturated heterocycles. The molecule has 0 aliphatic heterocycles. The Kier molecular flexibility index (Phi) is 5.31. The molecule has 0 aliphatic carbocycles. The lowest BCUT2D eigenvalue weighted by Crippen LogP contribution is -2.22. The fraction of sp³-hybridized carbons (Fsp3) is 0.125. The monoisotopic (exact) mass is 372 g/mol. The molecule has 1 atom stereocenters. The number of hydrogen-bond donors (Lipinski definition) is 1. The third kappa shape index (κ3) is 4.18. The molecule has 3 aromatic carbocycles. The summed E-state index contributed by atoms with van der Waals surface area (Å²) in [6.07, 6.45) is 1.67. The van der Waals surface area contributed by atoms with Gasteiger partial charge in [0.15, 0.2) is 5.76 Å². The van der Waals surface area contributed by atoms with Gasteiger partial charge in [-0.15, -0.1) is 0 Å². The van der Waals surface area contributed by atoms with E-state index in [1.54, 1.807) is 18.3 Å². The van der Waals surface area contributed by atoms with Gasteiger partial charge in [-0.3, -0.25) is 5.32 Å². The zero-order chi connectivity index (χ0) is 19.3. The third-order valence-corrected chi connectivity index (χ3v) is 4.68. The summed E-state index contributed by atoms with van der Waals surface area (Å²) >= 11 is 0. The van der Waals surface area contributed by atoms with E-state index in [4.69, 9.17) is 4.42 Å². The molecule has 3 nitrogen and oxygen atoms in total. The van der Waals surface area contributed by atoms with Crippen molar-refractivity contribution in [3.05, 3.63) is 113 Å². The maximum atomic E-state index is 13.1. The first-order valence-corrected chi connectivity index (χ1v) is 9.24. The normalized spacial score (nSPS) is 12.1. The van der Waals surface area contributed by atoms with E-state index in [-0.39, 0.29) is 11.9 Å². The lowest BCUT2D eigenvalue weighted by molar-refractivity contribution is 0.462. The van der Waals surface area contributed by atoms with Crippen molar-refractivity contribution < 1.29 is 8.81 Å². The zero-order valence-corrected chi connectivity index (χ0v) is 15.6. The highest BCUT2D eigenvalue weighted by atomic mass is 19.1. The van der Waals surface area contributed by atoms with E-state index in [2.05, 4.69) is 53.6 Å². The molecule has 1 heterocycles. The standard InChI is InChI=1S/C24H21FN2O/c1-17-7-9-20(10-8-17)24(19-5-3-2-4-6-19)27-16-23-26-15-22(28-23)18-11-13-21(25)14-12-18/h2-15,24,27H,16H2,1H3/t24-/m1/s1. The van der Waals surface area contributed by atoms with E-state index in [0.29, 0.717) is 18.2 Å². The summed E-state index contributed by atoms with van der Waals surface area (Å²) in [7, 11) is 0. The van der Waals surface area contributed by atoms with Gasteiger partial charge in [0.1, 0.15) is 5.82 Å². The Morgan fingerprint density at radius 3 is 2.29 bits per heavy atom. The summed E-state index contributed by atoms with van der Waals surface area (Å²) in [5.74, 6) is 0.949. The van der Waals surface area contributed by atoms with Gasteiger partial charge in [-0.25, -0.2) is 9.37 Å². The minimum absolute atomic E-state index is 0.0305. The van der Waals surface area contributed by atoms with Crippen LogP contribution in [0.3, 0.4) is 0 Å². The molecule has 1 aromatic heterocycles. The molecule has 0 amide bonds. The summed E-state index contributed by atoms with van der Waals surface area (Å²) in [5, 5.41) is 3.55. The van der Waals surface area contributed by atoms with Crippen LogP contribution in [0.5, 0.6) is 0 Å². The van der Waals surface area contributed by atoms with Crippen molar-refractivity contribution in [2.45, 2.75) is 19.5 Å². The lowest BCUT2D eigenvalue weighted by atomic mass is 9.98. The van der Waals surface area contributed by atoms with Gasteiger partial charge in [-0.1, -0.05) is 60.2 Å². The van der Waals surface area contributed by atoms with Crippen LogP contribution in [0.1, 0.15) is 28.6 Å². The van der Waals surface area contributed by atoms with E-state index in [0.717, 1.165) is 5.56 Å². The molecule has 4 aromatic rings. The van der Waals surface area contributed by atoms with Gasteiger partial charge in [0.25, 0.3) is 0 Å². The number of aryl methyl sites for hydroxylation is 1. The van der Waals surface area contributed by atoms with Crippen LogP contribution < -0.4 is 5.32 Å². The number of hydrogen-bond acceptors (Lipinski definition) is 3. The Hall–Kier alpha value is -3.24. The number of halogens is 1. The molecule has 4 rings (SSSR count). The van der Waals surface area contributed by atoms with Crippen LogP contribution in [0.4, 0.5) is 4.39 Å². The van der Waals surface area contributed by atoms with E-state index in [9.17, 15) is 4.39 Å². The van der Waals surface area contributed by atoms with Gasteiger partial charge in [0, 0.05) is 5.56 Å². The van der Waals surface area contributed by atoms with E-state index >= 15 is 0 Å². The highest BCUT2D eigenvalue weighted by molar-refractivity contribution is 5.55. The first-order valence-electron chi connectivity index (χ1n) is 9.24. The largest absolute Gasteiger partial charge is 0.439 e. The summed E-state index contributed by atoms with van der Waals surface area (Å²) < 4.78 is 19.0. The second-order valence-electron chi connectivity index (χ2n) is 6.76. The van der Waals surface area contributed by atoms with Crippen LogP contribution in [-0.4, -0.2) is 4.98 Å². The third-order valence-electron chi connectivity index (χ3n) is 4.68. The smallest absolute Gasteiger partial charge is 0.208 e. The Balaban J connectivity index is 1.53. The van der Waals surface area contributed by atoms with Crippen molar-refractivity contribution in [1.29, 1.82) is 0 Å². The number of nitrogens with one attached hydrogen (secondary N) is 1. The molecular formula is C24H21FN2O. The van der Waals surface area contributed by atoms with Crippen LogP contribution in [0.15, 0.2) is 89.5 Å². The molecular weight excluding hydrogens is 351 g/mol. The number of nitrogens with zero attached hydrogens (tertiary/aromatic N) is 1. The second-order valence-corrected chi connectivity index (χ2v) is 6.76. The highest BCUT2D eigenvalue weighted by Gasteiger charge is 2.15. The number of aromatic nitrogens is 1. The molecule has 28 heavy (non-hydrogen) atoms. The SMILES string of the molecule is Cc1ccc([C@H](NCc2ncc(-c3ccc(F)cc3)o2)c2ccccc2)cc1. The van der Waals surface area contributed by atoms with Gasteiger partial charge >= 0.3 is 0 Å². The molecule has 0 bridgehead atoms. The topological polar surface area (TPSA) is 38.1 Å². The molecule has 4 heteroatoms. The molecule has 0 spiro atoms. The predicted octanol–water partition coefficient (Wildman–Crippen LogP) is 5.67. The van der Waals surface area contributed by atoms with Crippen molar-refractivity contribution in [2.75, 3.05) is 0 Å². The number of rotatable bonds is 6. The van der Waals surface area contributed by atoms with Crippen molar-refractivity contribution in [3.8, 4) is 11.3 Å². The first-order chi connectivity index (χ1) is 13.7.